The van der Waals surface area contributed by atoms with Crippen molar-refractivity contribution in [2.24, 2.45) is 0 Å². The molecule has 1 N–H and O–H groups in total. The van der Waals surface area contributed by atoms with Gasteiger partial charge >= 0.3 is 0 Å². The normalized spacial score (nSPS) is 18.2. The van der Waals surface area contributed by atoms with Crippen LogP contribution in [0.15, 0.2) is 12.3 Å². The quantitative estimate of drug-likeness (QED) is 0.781. The summed E-state index contributed by atoms with van der Waals surface area (Å²) in [6.07, 6.45) is 4.19. The average molecular weight is 215 g/mol. The molecule has 0 amide bonds. The molecule has 1 aromatic heterocycles. The molecule has 1 fully saturated rings. The molecular weight excluding hydrogens is 203 g/mol. The van der Waals surface area contributed by atoms with Crippen molar-refractivity contribution in [3.63, 3.8) is 0 Å². The fourth-order valence-corrected chi connectivity index (χ4v) is 1.80. The van der Waals surface area contributed by atoms with E-state index in [4.69, 9.17) is 11.6 Å². The largest absolute Gasteiger partial charge is 0.314 e. The third-order valence-electron chi connectivity index (χ3n) is 2.79. The van der Waals surface area contributed by atoms with Gasteiger partial charge in [-0.2, -0.15) is 4.39 Å². The number of hydrogen-bond donors (Lipinski definition) is 1. The molecule has 0 aromatic carbocycles. The summed E-state index contributed by atoms with van der Waals surface area (Å²) < 4.78 is 13.3. The van der Waals surface area contributed by atoms with Crippen LogP contribution in [0.3, 0.4) is 0 Å². The van der Waals surface area contributed by atoms with Crippen LogP contribution in [0.2, 0.25) is 5.02 Å². The van der Waals surface area contributed by atoms with Gasteiger partial charge in [0.2, 0.25) is 5.95 Å². The summed E-state index contributed by atoms with van der Waals surface area (Å²) in [6, 6.07) is 1.65. The van der Waals surface area contributed by atoms with Gasteiger partial charge in [-0.3, -0.25) is 0 Å². The molecule has 0 saturated heterocycles. The molecule has 0 aliphatic heterocycles. The molecule has 0 atom stereocenters. The van der Waals surface area contributed by atoms with Crippen molar-refractivity contribution in [3.05, 3.63) is 28.8 Å². The molecule has 0 bridgehead atoms. The van der Waals surface area contributed by atoms with Crippen molar-refractivity contribution in [3.8, 4) is 0 Å². The number of nitrogens with one attached hydrogen (secondary N) is 1. The predicted molar refractivity (Wildman–Crippen MR) is 53.9 cm³/mol. The molecule has 2 nitrogen and oxygen atoms in total. The van der Waals surface area contributed by atoms with Crippen molar-refractivity contribution in [1.82, 2.24) is 10.3 Å². The lowest BCUT2D eigenvalue weighted by molar-refractivity contribution is 0.510. The van der Waals surface area contributed by atoms with Gasteiger partial charge in [-0.05, 0) is 32.4 Å². The topological polar surface area (TPSA) is 24.9 Å². The summed E-state index contributed by atoms with van der Waals surface area (Å²) >= 11 is 5.76. The van der Waals surface area contributed by atoms with Gasteiger partial charge in [0.05, 0.1) is 5.02 Å². The fourth-order valence-electron chi connectivity index (χ4n) is 1.62. The molecule has 1 aromatic rings. The van der Waals surface area contributed by atoms with Crippen molar-refractivity contribution < 1.29 is 4.39 Å². The van der Waals surface area contributed by atoms with Crippen molar-refractivity contribution in [2.75, 3.05) is 7.05 Å². The van der Waals surface area contributed by atoms with E-state index in [1.54, 1.807) is 6.07 Å². The Labute approximate surface area is 87.5 Å². The van der Waals surface area contributed by atoms with E-state index in [1.807, 2.05) is 7.05 Å². The number of nitrogens with zero attached hydrogens (tertiary/aromatic N) is 1. The van der Waals surface area contributed by atoms with E-state index in [9.17, 15) is 4.39 Å². The van der Waals surface area contributed by atoms with Crippen molar-refractivity contribution in [1.29, 1.82) is 0 Å². The first-order chi connectivity index (χ1) is 6.65. The van der Waals surface area contributed by atoms with E-state index in [0.717, 1.165) is 12.8 Å². The van der Waals surface area contributed by atoms with Crippen LogP contribution in [0.1, 0.15) is 18.4 Å². The third kappa shape index (κ3) is 1.88. The highest BCUT2D eigenvalue weighted by atomic mass is 35.5. The highest BCUT2D eigenvalue weighted by Crippen LogP contribution is 2.38. The molecule has 2 rings (SSSR count). The smallest absolute Gasteiger partial charge is 0.216 e. The number of halogens is 2. The van der Waals surface area contributed by atoms with Gasteiger partial charge in [-0.1, -0.05) is 11.6 Å². The molecule has 76 valence electrons. The highest BCUT2D eigenvalue weighted by Gasteiger charge is 2.41. The molecule has 0 spiro atoms. The van der Waals surface area contributed by atoms with E-state index in [1.165, 1.54) is 6.20 Å². The molecule has 1 aliphatic carbocycles. The Hall–Kier alpha value is -0.670. The minimum absolute atomic E-state index is 0.0905. The molecule has 1 saturated carbocycles. The first-order valence-electron chi connectivity index (χ1n) is 4.64. The first kappa shape index (κ1) is 9.87. The van der Waals surface area contributed by atoms with Crippen LogP contribution in [-0.4, -0.2) is 17.6 Å². The van der Waals surface area contributed by atoms with Crippen LogP contribution >= 0.6 is 11.6 Å². The highest BCUT2D eigenvalue weighted by molar-refractivity contribution is 6.30. The lowest BCUT2D eigenvalue weighted by Gasteiger charge is -2.13. The number of pyridine rings is 1. The zero-order chi connectivity index (χ0) is 10.2. The third-order valence-corrected chi connectivity index (χ3v) is 3.00. The maximum absolute atomic E-state index is 13.3. The Balaban J connectivity index is 2.20. The molecule has 4 heteroatoms. The van der Waals surface area contributed by atoms with Crippen LogP contribution in [0, 0.1) is 5.95 Å². The zero-order valence-electron chi connectivity index (χ0n) is 7.98. The lowest BCUT2D eigenvalue weighted by atomic mass is 10.1. The Morgan fingerprint density at radius 1 is 1.64 bits per heavy atom. The number of aromatic nitrogens is 1. The van der Waals surface area contributed by atoms with Gasteiger partial charge in [0.1, 0.15) is 0 Å². The summed E-state index contributed by atoms with van der Waals surface area (Å²) in [5, 5.41) is 3.70. The average Bonchev–Trinajstić information content (AvgIpc) is 2.92. The SMILES string of the molecule is CNC1(Cc2cc(Cl)cnc2F)CC1. The minimum atomic E-state index is -0.407. The second-order valence-corrected chi connectivity index (χ2v) is 4.25. The molecule has 14 heavy (non-hydrogen) atoms. The second-order valence-electron chi connectivity index (χ2n) is 3.81. The summed E-state index contributed by atoms with van der Waals surface area (Å²) in [6.45, 7) is 0. The Bertz CT molecular complexity index is 350. The predicted octanol–water partition coefficient (Wildman–Crippen LogP) is 2.17. The Morgan fingerprint density at radius 3 is 2.93 bits per heavy atom. The van der Waals surface area contributed by atoms with Crippen LogP contribution in [0.4, 0.5) is 4.39 Å². The minimum Gasteiger partial charge on any atom is -0.314 e. The first-order valence-corrected chi connectivity index (χ1v) is 5.02. The van der Waals surface area contributed by atoms with E-state index in [2.05, 4.69) is 10.3 Å². The monoisotopic (exact) mass is 214 g/mol. The van der Waals surface area contributed by atoms with Gasteiger partial charge < -0.3 is 5.32 Å². The van der Waals surface area contributed by atoms with Gasteiger partial charge in [-0.15, -0.1) is 0 Å². The van der Waals surface area contributed by atoms with Crippen LogP contribution in [0.25, 0.3) is 0 Å². The maximum Gasteiger partial charge on any atom is 0.216 e. The standard InChI is InChI=1S/C10H12ClFN2/c1-13-10(2-3-10)5-7-4-8(11)6-14-9(7)12/h4,6,13H,2-3,5H2,1H3. The molecule has 1 aliphatic rings. The molecule has 0 unspecified atom stereocenters. The van der Waals surface area contributed by atoms with Crippen molar-refractivity contribution in [2.45, 2.75) is 24.8 Å². The van der Waals surface area contributed by atoms with Gasteiger partial charge in [0.25, 0.3) is 0 Å². The molecule has 1 heterocycles. The maximum atomic E-state index is 13.3. The summed E-state index contributed by atoms with van der Waals surface area (Å²) in [7, 11) is 1.91. The lowest BCUT2D eigenvalue weighted by Crippen LogP contribution is -2.30. The van der Waals surface area contributed by atoms with E-state index < -0.39 is 5.95 Å². The molecular formula is C10H12ClFN2. The van der Waals surface area contributed by atoms with Crippen LogP contribution < -0.4 is 5.32 Å². The number of hydrogen-bond acceptors (Lipinski definition) is 2. The van der Waals surface area contributed by atoms with Crippen molar-refractivity contribution >= 4 is 11.6 Å². The fraction of sp³-hybridized carbons (Fsp3) is 0.500. The number of likely N-dealkylation sites (N-methyl/N-ethyl adjacent to an activating group) is 1. The summed E-state index contributed by atoms with van der Waals surface area (Å²) in [5.41, 5.74) is 0.692. The van der Waals surface area contributed by atoms with Crippen LogP contribution in [-0.2, 0) is 6.42 Å². The second kappa shape index (κ2) is 3.48. The summed E-state index contributed by atoms with van der Waals surface area (Å²) in [5.74, 6) is -0.407. The van der Waals surface area contributed by atoms with Gasteiger partial charge in [-0.25, -0.2) is 4.98 Å². The molecule has 0 radical (unpaired) electrons. The zero-order valence-corrected chi connectivity index (χ0v) is 8.74. The van der Waals surface area contributed by atoms with E-state index in [-0.39, 0.29) is 5.54 Å². The van der Waals surface area contributed by atoms with E-state index >= 15 is 0 Å². The Kier molecular flexibility index (Phi) is 2.45. The Morgan fingerprint density at radius 2 is 2.36 bits per heavy atom. The van der Waals surface area contributed by atoms with Gasteiger partial charge in [0, 0.05) is 17.3 Å². The van der Waals surface area contributed by atoms with E-state index in [0.29, 0.717) is 17.0 Å². The summed E-state index contributed by atoms with van der Waals surface area (Å²) in [4.78, 5) is 3.60. The van der Waals surface area contributed by atoms with Gasteiger partial charge in [0.15, 0.2) is 0 Å². The number of rotatable bonds is 3. The van der Waals surface area contributed by atoms with Crippen LogP contribution in [0.5, 0.6) is 0 Å².